The fraction of sp³-hybridized carbons (Fsp3) is 0.385. The van der Waals surface area contributed by atoms with E-state index < -0.39 is 0 Å². The molecule has 0 radical (unpaired) electrons. The zero-order valence-corrected chi connectivity index (χ0v) is 12.5. The number of rotatable bonds is 4. The summed E-state index contributed by atoms with van der Waals surface area (Å²) in [7, 11) is 0. The molecule has 0 atom stereocenters. The predicted octanol–water partition coefficient (Wildman–Crippen LogP) is 3.83. The highest BCUT2D eigenvalue weighted by Gasteiger charge is 2.08. The standard InChI is InChI=1S/C13H17N3S2/c1-4-10(3)15-16-11(12-7-6-8-17-12)9-18-13(16)14-5-2/h6-9H,4-5H2,1-3H3/b14-13?,15-10+. The van der Waals surface area contributed by atoms with Crippen molar-refractivity contribution in [3.05, 3.63) is 27.7 Å². The first kappa shape index (κ1) is 13.2. The summed E-state index contributed by atoms with van der Waals surface area (Å²) < 4.78 is 1.97. The molecule has 0 unspecified atom stereocenters. The highest BCUT2D eigenvalue weighted by atomic mass is 32.1. The first-order valence-corrected chi connectivity index (χ1v) is 7.81. The molecular weight excluding hydrogens is 262 g/mol. The van der Waals surface area contributed by atoms with E-state index in [2.05, 4.69) is 46.8 Å². The Labute approximate surface area is 115 Å². The number of hydrogen-bond acceptors (Lipinski definition) is 4. The summed E-state index contributed by atoms with van der Waals surface area (Å²) in [4.78, 5) is 6.70. The Kier molecular flexibility index (Phi) is 4.49. The average molecular weight is 279 g/mol. The molecule has 3 nitrogen and oxygen atoms in total. The van der Waals surface area contributed by atoms with Crippen molar-refractivity contribution in [2.24, 2.45) is 10.1 Å². The van der Waals surface area contributed by atoms with Crippen LogP contribution in [0.4, 0.5) is 0 Å². The lowest BCUT2D eigenvalue weighted by atomic mass is 10.3. The number of aromatic nitrogens is 1. The van der Waals surface area contributed by atoms with Crippen molar-refractivity contribution in [1.29, 1.82) is 0 Å². The molecule has 18 heavy (non-hydrogen) atoms. The van der Waals surface area contributed by atoms with Gasteiger partial charge in [-0.1, -0.05) is 13.0 Å². The Bertz CT molecular complexity index is 588. The van der Waals surface area contributed by atoms with Gasteiger partial charge in [0.1, 0.15) is 0 Å². The topological polar surface area (TPSA) is 29.6 Å². The molecule has 0 saturated carbocycles. The SMILES string of the molecule is CCN=c1scc(-c2cccs2)n1/N=C(\C)CC. The van der Waals surface area contributed by atoms with Crippen LogP contribution in [0.1, 0.15) is 27.2 Å². The molecule has 0 saturated heterocycles. The first-order valence-electron chi connectivity index (χ1n) is 6.05. The monoisotopic (exact) mass is 279 g/mol. The molecule has 0 amide bonds. The molecule has 0 aliphatic heterocycles. The summed E-state index contributed by atoms with van der Waals surface area (Å²) in [6, 6.07) is 4.19. The fourth-order valence-corrected chi connectivity index (χ4v) is 3.16. The van der Waals surface area contributed by atoms with Crippen molar-refractivity contribution in [3.63, 3.8) is 0 Å². The summed E-state index contributed by atoms with van der Waals surface area (Å²) in [5.41, 5.74) is 2.25. The maximum Gasteiger partial charge on any atom is 0.206 e. The van der Waals surface area contributed by atoms with Crippen LogP contribution >= 0.6 is 22.7 Å². The number of nitrogens with zero attached hydrogens (tertiary/aromatic N) is 3. The summed E-state index contributed by atoms with van der Waals surface area (Å²) in [5.74, 6) is 0. The zero-order chi connectivity index (χ0) is 13.0. The van der Waals surface area contributed by atoms with E-state index in [9.17, 15) is 0 Å². The van der Waals surface area contributed by atoms with Crippen molar-refractivity contribution in [3.8, 4) is 10.6 Å². The van der Waals surface area contributed by atoms with Crippen LogP contribution in [-0.4, -0.2) is 16.9 Å². The van der Waals surface area contributed by atoms with E-state index in [1.54, 1.807) is 22.7 Å². The van der Waals surface area contributed by atoms with Gasteiger partial charge in [-0.3, -0.25) is 4.99 Å². The molecule has 0 aromatic carbocycles. The highest BCUT2D eigenvalue weighted by Crippen LogP contribution is 2.25. The lowest BCUT2D eigenvalue weighted by Gasteiger charge is -2.02. The van der Waals surface area contributed by atoms with Crippen LogP contribution in [0.15, 0.2) is 33.0 Å². The van der Waals surface area contributed by atoms with Crippen LogP contribution in [0.3, 0.4) is 0 Å². The quantitative estimate of drug-likeness (QED) is 0.761. The van der Waals surface area contributed by atoms with Crippen molar-refractivity contribution < 1.29 is 0 Å². The van der Waals surface area contributed by atoms with Gasteiger partial charge in [-0.25, -0.2) is 4.68 Å². The molecule has 2 aromatic heterocycles. The minimum atomic E-state index is 0.783. The third kappa shape index (κ3) is 2.79. The summed E-state index contributed by atoms with van der Waals surface area (Å²) in [5, 5.41) is 8.89. The van der Waals surface area contributed by atoms with E-state index >= 15 is 0 Å². The Hall–Kier alpha value is -1.20. The lowest BCUT2D eigenvalue weighted by molar-refractivity contribution is 0.823. The van der Waals surface area contributed by atoms with Gasteiger partial charge in [0.25, 0.3) is 0 Å². The average Bonchev–Trinajstić information content (AvgIpc) is 3.00. The molecule has 2 aromatic rings. The zero-order valence-electron chi connectivity index (χ0n) is 10.9. The van der Waals surface area contributed by atoms with Gasteiger partial charge in [-0.05, 0) is 31.7 Å². The van der Waals surface area contributed by atoms with Crippen LogP contribution in [-0.2, 0) is 0 Å². The Morgan fingerprint density at radius 2 is 2.17 bits per heavy atom. The molecular formula is C13H17N3S2. The molecule has 0 spiro atoms. The Morgan fingerprint density at radius 1 is 1.33 bits per heavy atom. The van der Waals surface area contributed by atoms with Crippen molar-refractivity contribution >= 4 is 28.4 Å². The molecule has 5 heteroatoms. The third-order valence-electron chi connectivity index (χ3n) is 2.53. The Balaban J connectivity index is 2.58. The van der Waals surface area contributed by atoms with E-state index in [0.717, 1.165) is 29.2 Å². The van der Waals surface area contributed by atoms with Gasteiger partial charge in [-0.15, -0.1) is 22.7 Å². The number of thiazole rings is 1. The molecule has 0 fully saturated rings. The maximum absolute atomic E-state index is 4.67. The summed E-state index contributed by atoms with van der Waals surface area (Å²) in [6.07, 6.45) is 0.957. The minimum Gasteiger partial charge on any atom is -0.258 e. The number of hydrogen-bond donors (Lipinski definition) is 0. The largest absolute Gasteiger partial charge is 0.258 e. The van der Waals surface area contributed by atoms with E-state index in [4.69, 9.17) is 0 Å². The second kappa shape index (κ2) is 6.11. The second-order valence-corrected chi connectivity index (χ2v) is 5.64. The predicted molar refractivity (Wildman–Crippen MR) is 80.5 cm³/mol. The maximum atomic E-state index is 4.67. The molecule has 0 aliphatic carbocycles. The first-order chi connectivity index (χ1) is 8.76. The Morgan fingerprint density at radius 3 is 2.78 bits per heavy atom. The summed E-state index contributed by atoms with van der Waals surface area (Å²) >= 11 is 3.38. The van der Waals surface area contributed by atoms with E-state index in [1.807, 2.05) is 11.6 Å². The van der Waals surface area contributed by atoms with Crippen LogP contribution < -0.4 is 4.80 Å². The van der Waals surface area contributed by atoms with E-state index in [1.165, 1.54) is 4.88 Å². The fourth-order valence-electron chi connectivity index (χ4n) is 1.48. The second-order valence-electron chi connectivity index (χ2n) is 3.86. The van der Waals surface area contributed by atoms with Crippen LogP contribution in [0.5, 0.6) is 0 Å². The highest BCUT2D eigenvalue weighted by molar-refractivity contribution is 7.14. The number of thiophene rings is 1. The molecule has 0 N–H and O–H groups in total. The third-order valence-corrected chi connectivity index (χ3v) is 4.28. The van der Waals surface area contributed by atoms with Gasteiger partial charge in [0.2, 0.25) is 4.80 Å². The van der Waals surface area contributed by atoms with Crippen molar-refractivity contribution in [2.75, 3.05) is 6.54 Å². The van der Waals surface area contributed by atoms with E-state index in [-0.39, 0.29) is 0 Å². The van der Waals surface area contributed by atoms with Crippen molar-refractivity contribution in [1.82, 2.24) is 4.68 Å². The molecule has 96 valence electrons. The van der Waals surface area contributed by atoms with Gasteiger partial charge in [0.15, 0.2) is 0 Å². The van der Waals surface area contributed by atoms with Crippen LogP contribution in [0.2, 0.25) is 0 Å². The molecule has 2 rings (SSSR count). The summed E-state index contributed by atoms with van der Waals surface area (Å²) in [6.45, 7) is 7.00. The smallest absolute Gasteiger partial charge is 0.206 e. The van der Waals surface area contributed by atoms with Gasteiger partial charge < -0.3 is 0 Å². The van der Waals surface area contributed by atoms with Crippen LogP contribution in [0, 0.1) is 0 Å². The van der Waals surface area contributed by atoms with Gasteiger partial charge in [0, 0.05) is 17.6 Å². The molecule has 2 heterocycles. The van der Waals surface area contributed by atoms with Gasteiger partial charge >= 0.3 is 0 Å². The van der Waals surface area contributed by atoms with Crippen molar-refractivity contribution in [2.45, 2.75) is 27.2 Å². The van der Waals surface area contributed by atoms with Gasteiger partial charge in [0.05, 0.1) is 10.6 Å². The minimum absolute atomic E-state index is 0.783. The molecule has 0 aliphatic rings. The molecule has 0 bridgehead atoms. The van der Waals surface area contributed by atoms with Crippen LogP contribution in [0.25, 0.3) is 10.6 Å². The van der Waals surface area contributed by atoms with Gasteiger partial charge in [-0.2, -0.15) is 5.10 Å². The van der Waals surface area contributed by atoms with E-state index in [0.29, 0.717) is 0 Å². The lowest BCUT2D eigenvalue weighted by Crippen LogP contribution is -2.13. The normalized spacial score (nSPS) is 13.3.